The lowest BCUT2D eigenvalue weighted by Crippen LogP contribution is -2.39. The zero-order valence-corrected chi connectivity index (χ0v) is 8.96. The number of hydrogen-bond donors (Lipinski definition) is 1. The molecule has 0 aromatic carbocycles. The number of amides is 1. The molecular weight excluding hydrogens is 182 g/mol. The van der Waals surface area contributed by atoms with Crippen LogP contribution in [0.3, 0.4) is 0 Å². The maximum atomic E-state index is 11.7. The molecular formula is C10H17NOS. The van der Waals surface area contributed by atoms with Gasteiger partial charge in [-0.2, -0.15) is 12.6 Å². The van der Waals surface area contributed by atoms with Gasteiger partial charge in [0, 0.05) is 12.6 Å². The summed E-state index contributed by atoms with van der Waals surface area (Å²) in [6.07, 6.45) is 5.07. The molecule has 1 aliphatic carbocycles. The van der Waals surface area contributed by atoms with E-state index in [0.717, 1.165) is 12.5 Å². The topological polar surface area (TPSA) is 20.3 Å². The van der Waals surface area contributed by atoms with Crippen LogP contribution in [0, 0.1) is 5.92 Å². The smallest absolute Gasteiger partial charge is 0.235 e. The summed E-state index contributed by atoms with van der Waals surface area (Å²) in [7, 11) is 0. The maximum Gasteiger partial charge on any atom is 0.235 e. The molecule has 0 aromatic heterocycles. The van der Waals surface area contributed by atoms with Crippen molar-refractivity contribution >= 4 is 18.5 Å². The van der Waals surface area contributed by atoms with E-state index in [9.17, 15) is 4.79 Å². The summed E-state index contributed by atoms with van der Waals surface area (Å²) in [5.41, 5.74) is 0. The van der Waals surface area contributed by atoms with Crippen molar-refractivity contribution in [3.8, 4) is 0 Å². The molecule has 0 radical (unpaired) electrons. The van der Waals surface area contributed by atoms with E-state index in [2.05, 4.69) is 17.5 Å². The lowest BCUT2D eigenvalue weighted by Gasteiger charge is -2.25. The van der Waals surface area contributed by atoms with Crippen molar-refractivity contribution in [2.45, 2.75) is 43.9 Å². The second-order valence-corrected chi connectivity index (χ2v) is 5.03. The summed E-state index contributed by atoms with van der Waals surface area (Å²) in [4.78, 5) is 13.8. The Morgan fingerprint density at radius 3 is 2.92 bits per heavy atom. The number of likely N-dealkylation sites (tertiary alicyclic amines) is 1. The van der Waals surface area contributed by atoms with Crippen LogP contribution in [0.25, 0.3) is 0 Å². The molecule has 1 aliphatic heterocycles. The molecule has 0 aromatic rings. The third-order valence-corrected chi connectivity index (χ3v) is 3.62. The zero-order chi connectivity index (χ0) is 9.42. The van der Waals surface area contributed by atoms with E-state index in [1.165, 1.54) is 25.7 Å². The molecule has 2 aliphatic rings. The number of thiol groups is 1. The van der Waals surface area contributed by atoms with Crippen molar-refractivity contribution in [1.29, 1.82) is 0 Å². The van der Waals surface area contributed by atoms with Gasteiger partial charge in [0.2, 0.25) is 5.91 Å². The summed E-state index contributed by atoms with van der Waals surface area (Å²) < 4.78 is 0. The molecule has 2 rings (SSSR count). The minimum atomic E-state index is -0.126. The predicted molar refractivity (Wildman–Crippen MR) is 55.9 cm³/mol. The molecule has 1 amide bonds. The fraction of sp³-hybridized carbons (Fsp3) is 0.900. The van der Waals surface area contributed by atoms with E-state index in [1.54, 1.807) is 0 Å². The van der Waals surface area contributed by atoms with Gasteiger partial charge in [-0.1, -0.05) is 6.42 Å². The number of hydrogen-bond acceptors (Lipinski definition) is 2. The second-order valence-electron chi connectivity index (χ2n) is 4.25. The Bertz CT molecular complexity index is 217. The van der Waals surface area contributed by atoms with Gasteiger partial charge < -0.3 is 4.90 Å². The zero-order valence-electron chi connectivity index (χ0n) is 8.07. The second kappa shape index (κ2) is 3.52. The van der Waals surface area contributed by atoms with Crippen LogP contribution >= 0.6 is 12.6 Å². The molecule has 3 unspecified atom stereocenters. The number of carbonyl (C=O) groups is 1. The van der Waals surface area contributed by atoms with Crippen molar-refractivity contribution in [3.63, 3.8) is 0 Å². The highest BCUT2D eigenvalue weighted by atomic mass is 32.1. The maximum absolute atomic E-state index is 11.7. The van der Waals surface area contributed by atoms with E-state index < -0.39 is 0 Å². The van der Waals surface area contributed by atoms with Crippen LogP contribution in [0.4, 0.5) is 0 Å². The fourth-order valence-electron chi connectivity index (χ4n) is 2.75. The summed E-state index contributed by atoms with van der Waals surface area (Å²) in [6, 6.07) is 0.557. The highest BCUT2D eigenvalue weighted by Crippen LogP contribution is 2.38. The minimum Gasteiger partial charge on any atom is -0.338 e. The Kier molecular flexibility index (Phi) is 2.54. The fourth-order valence-corrected chi connectivity index (χ4v) is 2.90. The largest absolute Gasteiger partial charge is 0.338 e. The monoisotopic (exact) mass is 199 g/mol. The van der Waals surface area contributed by atoms with Crippen LogP contribution in [-0.2, 0) is 4.79 Å². The van der Waals surface area contributed by atoms with E-state index >= 15 is 0 Å². The van der Waals surface area contributed by atoms with Gasteiger partial charge in [-0.15, -0.1) is 0 Å². The number of fused-ring (bicyclic) bond motifs is 1. The highest BCUT2D eigenvalue weighted by Gasteiger charge is 2.40. The molecule has 1 heterocycles. The van der Waals surface area contributed by atoms with Crippen LogP contribution in [-0.4, -0.2) is 28.6 Å². The number of nitrogens with zero attached hydrogens (tertiary/aromatic N) is 1. The Morgan fingerprint density at radius 1 is 1.46 bits per heavy atom. The van der Waals surface area contributed by atoms with Crippen molar-refractivity contribution in [1.82, 2.24) is 4.90 Å². The Morgan fingerprint density at radius 2 is 2.23 bits per heavy atom. The average Bonchev–Trinajstić information content (AvgIpc) is 2.61. The molecule has 0 N–H and O–H groups in total. The van der Waals surface area contributed by atoms with Gasteiger partial charge in [0.05, 0.1) is 5.25 Å². The van der Waals surface area contributed by atoms with Gasteiger partial charge in [0.1, 0.15) is 0 Å². The molecule has 2 fully saturated rings. The van der Waals surface area contributed by atoms with E-state index in [0.29, 0.717) is 6.04 Å². The van der Waals surface area contributed by atoms with Gasteiger partial charge in [0.15, 0.2) is 0 Å². The van der Waals surface area contributed by atoms with E-state index in [1.807, 2.05) is 6.92 Å². The first-order valence-electron chi connectivity index (χ1n) is 5.18. The normalized spacial score (nSPS) is 34.8. The van der Waals surface area contributed by atoms with Crippen LogP contribution in [0.15, 0.2) is 0 Å². The molecule has 13 heavy (non-hydrogen) atoms. The van der Waals surface area contributed by atoms with Crippen molar-refractivity contribution in [3.05, 3.63) is 0 Å². The average molecular weight is 199 g/mol. The van der Waals surface area contributed by atoms with Gasteiger partial charge in [-0.3, -0.25) is 4.79 Å². The molecule has 3 atom stereocenters. The first-order valence-corrected chi connectivity index (χ1v) is 5.70. The van der Waals surface area contributed by atoms with Crippen molar-refractivity contribution in [2.24, 2.45) is 5.92 Å². The van der Waals surface area contributed by atoms with Gasteiger partial charge >= 0.3 is 0 Å². The molecule has 0 bridgehead atoms. The van der Waals surface area contributed by atoms with Gasteiger partial charge in [-0.05, 0) is 32.1 Å². The van der Waals surface area contributed by atoms with Crippen molar-refractivity contribution < 1.29 is 4.79 Å². The lowest BCUT2D eigenvalue weighted by molar-refractivity contribution is -0.131. The minimum absolute atomic E-state index is 0.126. The molecule has 1 saturated carbocycles. The Balaban J connectivity index is 2.04. The molecule has 2 nitrogen and oxygen atoms in total. The first kappa shape index (κ1) is 9.38. The quantitative estimate of drug-likeness (QED) is 0.637. The van der Waals surface area contributed by atoms with Crippen LogP contribution < -0.4 is 0 Å². The lowest BCUT2D eigenvalue weighted by atomic mass is 10.0. The third kappa shape index (κ3) is 1.58. The van der Waals surface area contributed by atoms with Crippen LogP contribution in [0.2, 0.25) is 0 Å². The van der Waals surface area contributed by atoms with E-state index in [-0.39, 0.29) is 11.2 Å². The van der Waals surface area contributed by atoms with Crippen LogP contribution in [0.5, 0.6) is 0 Å². The first-order chi connectivity index (χ1) is 6.20. The van der Waals surface area contributed by atoms with Gasteiger partial charge in [0.25, 0.3) is 0 Å². The SMILES string of the molecule is CC(S)C(=O)N1CCC2CCCC21. The van der Waals surface area contributed by atoms with Crippen molar-refractivity contribution in [2.75, 3.05) is 6.54 Å². The summed E-state index contributed by atoms with van der Waals surface area (Å²) in [6.45, 7) is 2.84. The molecule has 1 saturated heterocycles. The highest BCUT2D eigenvalue weighted by molar-refractivity contribution is 7.81. The predicted octanol–water partition coefficient (Wildman–Crippen LogP) is 1.71. The summed E-state index contributed by atoms with van der Waals surface area (Å²) >= 11 is 4.21. The van der Waals surface area contributed by atoms with Crippen LogP contribution in [0.1, 0.15) is 32.6 Å². The molecule has 0 spiro atoms. The number of rotatable bonds is 1. The van der Waals surface area contributed by atoms with E-state index in [4.69, 9.17) is 0 Å². The standard InChI is InChI=1S/C10H17NOS/c1-7(13)10(12)11-6-5-8-3-2-4-9(8)11/h7-9,13H,2-6H2,1H3. The summed E-state index contributed by atoms with van der Waals surface area (Å²) in [5, 5.41) is -0.126. The van der Waals surface area contributed by atoms with Gasteiger partial charge in [-0.25, -0.2) is 0 Å². The molecule has 74 valence electrons. The number of carbonyl (C=O) groups excluding carboxylic acids is 1. The Labute approximate surface area is 85.1 Å². The third-order valence-electron chi connectivity index (χ3n) is 3.40. The Hall–Kier alpha value is -0.180. The summed E-state index contributed by atoms with van der Waals surface area (Å²) in [5.74, 6) is 1.04. The molecule has 3 heteroatoms.